The van der Waals surface area contributed by atoms with Gasteiger partial charge in [0.15, 0.2) is 5.58 Å². The number of amides is 1. The maximum Gasteiger partial charge on any atom is 0.226 e. The number of para-hydroxylation sites is 1. The molecule has 5 heteroatoms. The molecule has 3 rings (SSSR count). The molecule has 5 nitrogen and oxygen atoms in total. The van der Waals surface area contributed by atoms with Gasteiger partial charge in [-0.2, -0.15) is 0 Å². The molecular formula is C15H19N3O2. The number of carbonyl (C=O) groups is 1. The Morgan fingerprint density at radius 1 is 1.50 bits per heavy atom. The Morgan fingerprint density at radius 2 is 2.25 bits per heavy atom. The van der Waals surface area contributed by atoms with Gasteiger partial charge in [0.2, 0.25) is 5.91 Å². The number of aromatic nitrogens is 1. The smallest absolute Gasteiger partial charge is 0.226 e. The molecule has 1 amide bonds. The van der Waals surface area contributed by atoms with Crippen molar-refractivity contribution in [2.75, 3.05) is 6.54 Å². The zero-order chi connectivity index (χ0) is 14.2. The summed E-state index contributed by atoms with van der Waals surface area (Å²) in [6.07, 6.45) is 2.50. The van der Waals surface area contributed by atoms with Crippen LogP contribution >= 0.6 is 0 Å². The number of nitrogens with one attached hydrogen (secondary N) is 1. The Balaban J connectivity index is 1.72. The van der Waals surface area contributed by atoms with E-state index in [0.717, 1.165) is 18.2 Å². The molecule has 106 valence electrons. The van der Waals surface area contributed by atoms with Crippen LogP contribution < -0.4 is 11.1 Å². The van der Waals surface area contributed by atoms with Crippen LogP contribution in [-0.4, -0.2) is 23.1 Å². The second-order valence-corrected chi connectivity index (χ2v) is 5.75. The van der Waals surface area contributed by atoms with E-state index < -0.39 is 0 Å². The van der Waals surface area contributed by atoms with Crippen LogP contribution in [0.25, 0.3) is 11.0 Å². The SMILES string of the molecule is CC(CN)(NC(=O)Cc1noc2ccccc12)C1CC1. The fourth-order valence-corrected chi connectivity index (χ4v) is 2.62. The summed E-state index contributed by atoms with van der Waals surface area (Å²) in [5.41, 5.74) is 6.90. The highest BCUT2D eigenvalue weighted by atomic mass is 16.5. The summed E-state index contributed by atoms with van der Waals surface area (Å²) >= 11 is 0. The lowest BCUT2D eigenvalue weighted by molar-refractivity contribution is -0.122. The van der Waals surface area contributed by atoms with Crippen LogP contribution in [0, 0.1) is 5.92 Å². The summed E-state index contributed by atoms with van der Waals surface area (Å²) in [5, 5.41) is 7.94. The largest absolute Gasteiger partial charge is 0.356 e. The van der Waals surface area contributed by atoms with Crippen molar-refractivity contribution in [2.24, 2.45) is 11.7 Å². The lowest BCUT2D eigenvalue weighted by Gasteiger charge is -2.29. The van der Waals surface area contributed by atoms with E-state index in [1.807, 2.05) is 31.2 Å². The number of rotatable bonds is 5. The van der Waals surface area contributed by atoms with Gasteiger partial charge in [-0.1, -0.05) is 17.3 Å². The minimum Gasteiger partial charge on any atom is -0.356 e. The first-order valence-corrected chi connectivity index (χ1v) is 6.97. The number of hydrogen-bond acceptors (Lipinski definition) is 4. The molecule has 1 aromatic heterocycles. The zero-order valence-electron chi connectivity index (χ0n) is 11.6. The molecule has 1 saturated carbocycles. The maximum absolute atomic E-state index is 12.2. The monoisotopic (exact) mass is 273 g/mol. The quantitative estimate of drug-likeness (QED) is 0.867. The summed E-state index contributed by atoms with van der Waals surface area (Å²) in [6, 6.07) is 7.56. The van der Waals surface area contributed by atoms with Crippen LogP contribution in [0.1, 0.15) is 25.5 Å². The van der Waals surface area contributed by atoms with Crippen molar-refractivity contribution in [3.05, 3.63) is 30.0 Å². The highest BCUT2D eigenvalue weighted by Crippen LogP contribution is 2.39. The number of nitrogens with two attached hydrogens (primary N) is 1. The average Bonchev–Trinajstić information content (AvgIpc) is 3.23. The molecule has 0 bridgehead atoms. The first-order valence-electron chi connectivity index (χ1n) is 6.97. The predicted octanol–water partition coefficient (Wildman–Crippen LogP) is 1.61. The Hall–Kier alpha value is -1.88. The van der Waals surface area contributed by atoms with E-state index in [-0.39, 0.29) is 17.9 Å². The minimum atomic E-state index is -0.295. The fourth-order valence-electron chi connectivity index (χ4n) is 2.62. The van der Waals surface area contributed by atoms with Gasteiger partial charge in [-0.05, 0) is 37.8 Å². The predicted molar refractivity (Wildman–Crippen MR) is 76.0 cm³/mol. The van der Waals surface area contributed by atoms with Crippen molar-refractivity contribution in [2.45, 2.75) is 31.7 Å². The Labute approximate surface area is 117 Å². The van der Waals surface area contributed by atoms with Crippen molar-refractivity contribution < 1.29 is 9.32 Å². The molecule has 1 aliphatic rings. The highest BCUT2D eigenvalue weighted by molar-refractivity contribution is 5.86. The molecule has 0 saturated heterocycles. The minimum absolute atomic E-state index is 0.0519. The third-order valence-electron chi connectivity index (χ3n) is 4.11. The van der Waals surface area contributed by atoms with Gasteiger partial charge >= 0.3 is 0 Å². The van der Waals surface area contributed by atoms with Crippen LogP contribution in [0.5, 0.6) is 0 Å². The lowest BCUT2D eigenvalue weighted by Crippen LogP contribution is -2.53. The van der Waals surface area contributed by atoms with Crippen molar-refractivity contribution in [1.82, 2.24) is 10.5 Å². The van der Waals surface area contributed by atoms with Gasteiger partial charge in [0, 0.05) is 11.9 Å². The topological polar surface area (TPSA) is 81.1 Å². The van der Waals surface area contributed by atoms with Crippen LogP contribution in [-0.2, 0) is 11.2 Å². The van der Waals surface area contributed by atoms with Gasteiger partial charge in [0.1, 0.15) is 5.69 Å². The van der Waals surface area contributed by atoms with Crippen molar-refractivity contribution in [3.63, 3.8) is 0 Å². The van der Waals surface area contributed by atoms with Crippen molar-refractivity contribution >= 4 is 16.9 Å². The Bertz CT molecular complexity index is 633. The van der Waals surface area contributed by atoms with Gasteiger partial charge in [-0.3, -0.25) is 4.79 Å². The molecule has 20 heavy (non-hydrogen) atoms. The van der Waals surface area contributed by atoms with E-state index in [0.29, 0.717) is 23.7 Å². The molecule has 2 aromatic rings. The number of hydrogen-bond donors (Lipinski definition) is 2. The first-order chi connectivity index (χ1) is 9.62. The van der Waals surface area contributed by atoms with E-state index in [1.54, 1.807) is 0 Å². The second kappa shape index (κ2) is 4.90. The first kappa shape index (κ1) is 13.1. The van der Waals surface area contributed by atoms with Crippen LogP contribution in [0.2, 0.25) is 0 Å². The zero-order valence-corrected chi connectivity index (χ0v) is 11.6. The maximum atomic E-state index is 12.2. The van der Waals surface area contributed by atoms with Gasteiger partial charge in [-0.25, -0.2) is 0 Å². The summed E-state index contributed by atoms with van der Waals surface area (Å²) in [5.74, 6) is 0.453. The lowest BCUT2D eigenvalue weighted by atomic mass is 9.95. The number of benzene rings is 1. The van der Waals surface area contributed by atoms with Gasteiger partial charge in [0.05, 0.1) is 12.0 Å². The number of carbonyl (C=O) groups excluding carboxylic acids is 1. The number of fused-ring (bicyclic) bond motifs is 1. The van der Waals surface area contributed by atoms with Gasteiger partial charge in [-0.15, -0.1) is 0 Å². The van der Waals surface area contributed by atoms with E-state index in [9.17, 15) is 4.79 Å². The van der Waals surface area contributed by atoms with E-state index in [1.165, 1.54) is 0 Å². The standard InChI is InChI=1S/C15H19N3O2/c1-15(9-16,10-6-7-10)17-14(19)8-12-11-4-2-3-5-13(11)20-18-12/h2-5,10H,6-9,16H2,1H3,(H,17,19). The van der Waals surface area contributed by atoms with E-state index in [4.69, 9.17) is 10.3 Å². The van der Waals surface area contributed by atoms with Crippen molar-refractivity contribution in [1.29, 1.82) is 0 Å². The summed E-state index contributed by atoms with van der Waals surface area (Å²) in [7, 11) is 0. The van der Waals surface area contributed by atoms with E-state index in [2.05, 4.69) is 10.5 Å². The molecule has 0 radical (unpaired) electrons. The molecule has 1 heterocycles. The molecule has 1 atom stereocenters. The van der Waals surface area contributed by atoms with Gasteiger partial charge < -0.3 is 15.6 Å². The Kier molecular flexibility index (Phi) is 3.22. The summed E-state index contributed by atoms with van der Waals surface area (Å²) < 4.78 is 5.21. The number of nitrogens with zero attached hydrogens (tertiary/aromatic N) is 1. The van der Waals surface area contributed by atoms with Gasteiger partial charge in [0.25, 0.3) is 0 Å². The third-order valence-corrected chi connectivity index (χ3v) is 4.11. The van der Waals surface area contributed by atoms with Crippen molar-refractivity contribution in [3.8, 4) is 0 Å². The molecule has 3 N–H and O–H groups in total. The van der Waals surface area contributed by atoms with Crippen LogP contribution in [0.4, 0.5) is 0 Å². The molecule has 1 aliphatic carbocycles. The average molecular weight is 273 g/mol. The molecule has 1 aromatic carbocycles. The van der Waals surface area contributed by atoms with Crippen LogP contribution in [0.15, 0.2) is 28.8 Å². The summed E-state index contributed by atoms with van der Waals surface area (Å²) in [6.45, 7) is 2.48. The molecular weight excluding hydrogens is 254 g/mol. The molecule has 1 fully saturated rings. The second-order valence-electron chi connectivity index (χ2n) is 5.75. The molecule has 0 spiro atoms. The fraction of sp³-hybridized carbons (Fsp3) is 0.467. The highest BCUT2D eigenvalue weighted by Gasteiger charge is 2.41. The Morgan fingerprint density at radius 3 is 2.95 bits per heavy atom. The third kappa shape index (κ3) is 2.41. The normalized spacial score (nSPS) is 17.9. The molecule has 0 aliphatic heterocycles. The molecule has 1 unspecified atom stereocenters. The van der Waals surface area contributed by atoms with Crippen LogP contribution in [0.3, 0.4) is 0 Å². The van der Waals surface area contributed by atoms with E-state index >= 15 is 0 Å². The summed E-state index contributed by atoms with van der Waals surface area (Å²) in [4.78, 5) is 12.2.